The molecule has 1 aromatic carbocycles. The molecular weight excluding hydrogens is 356 g/mol. The molecule has 0 saturated carbocycles. The summed E-state index contributed by atoms with van der Waals surface area (Å²) < 4.78 is 0. The SMILES string of the molecule is CC(C=CC=C1c2cc3c(cc2CCC1(C)C)C(C)(C)CCC3(C)C)=CC(=O)O. The van der Waals surface area contributed by atoms with E-state index in [0.29, 0.717) is 0 Å². The molecule has 2 heteroatoms. The summed E-state index contributed by atoms with van der Waals surface area (Å²) in [6, 6.07) is 4.97. The summed E-state index contributed by atoms with van der Waals surface area (Å²) in [6.45, 7) is 16.0. The van der Waals surface area contributed by atoms with E-state index in [4.69, 9.17) is 5.11 Å². The highest BCUT2D eigenvalue weighted by Gasteiger charge is 2.39. The van der Waals surface area contributed by atoms with Gasteiger partial charge in [-0.05, 0) is 82.3 Å². The van der Waals surface area contributed by atoms with Gasteiger partial charge in [0.1, 0.15) is 0 Å². The van der Waals surface area contributed by atoms with Crippen LogP contribution in [-0.2, 0) is 22.0 Å². The minimum atomic E-state index is -0.903. The maximum absolute atomic E-state index is 10.9. The Morgan fingerprint density at radius 1 is 0.931 bits per heavy atom. The fourth-order valence-electron chi connectivity index (χ4n) is 4.92. The van der Waals surface area contributed by atoms with Gasteiger partial charge in [0.05, 0.1) is 0 Å². The molecule has 0 atom stereocenters. The molecule has 1 aromatic rings. The largest absolute Gasteiger partial charge is 0.478 e. The number of carboxylic acid groups (broad SMARTS) is 1. The Labute approximate surface area is 176 Å². The second kappa shape index (κ2) is 7.31. The third kappa shape index (κ3) is 4.27. The second-order valence-electron chi connectivity index (χ2n) is 10.9. The molecule has 3 rings (SSSR count). The molecule has 0 bridgehead atoms. The monoisotopic (exact) mass is 392 g/mol. The molecule has 2 aliphatic rings. The third-order valence-electron chi connectivity index (χ3n) is 7.09. The Morgan fingerprint density at radius 2 is 1.52 bits per heavy atom. The minimum Gasteiger partial charge on any atom is -0.478 e. The van der Waals surface area contributed by atoms with Crippen LogP contribution < -0.4 is 0 Å². The zero-order valence-corrected chi connectivity index (χ0v) is 19.1. The van der Waals surface area contributed by atoms with Crippen LogP contribution in [0.1, 0.15) is 90.0 Å². The molecule has 0 amide bonds. The maximum Gasteiger partial charge on any atom is 0.328 e. The third-order valence-corrected chi connectivity index (χ3v) is 7.09. The Morgan fingerprint density at radius 3 is 2.10 bits per heavy atom. The van der Waals surface area contributed by atoms with Crippen LogP contribution in [0.15, 0.2) is 42.0 Å². The second-order valence-corrected chi connectivity index (χ2v) is 10.9. The van der Waals surface area contributed by atoms with Crippen molar-refractivity contribution < 1.29 is 9.90 Å². The molecule has 0 spiro atoms. The molecular formula is C27H36O2. The smallest absolute Gasteiger partial charge is 0.328 e. The molecule has 29 heavy (non-hydrogen) atoms. The van der Waals surface area contributed by atoms with E-state index in [1.807, 2.05) is 19.1 Å². The Kier molecular flexibility index (Phi) is 5.45. The summed E-state index contributed by atoms with van der Waals surface area (Å²) in [6.07, 6.45) is 12.0. The maximum atomic E-state index is 10.9. The number of hydrogen-bond acceptors (Lipinski definition) is 1. The molecule has 2 nitrogen and oxygen atoms in total. The zero-order chi connectivity index (χ0) is 21.6. The average Bonchev–Trinajstić information content (AvgIpc) is 2.59. The normalized spacial score (nSPS) is 23.7. The van der Waals surface area contributed by atoms with Gasteiger partial charge in [0.25, 0.3) is 0 Å². The van der Waals surface area contributed by atoms with Gasteiger partial charge in [-0.15, -0.1) is 0 Å². The van der Waals surface area contributed by atoms with Crippen LogP contribution in [0.2, 0.25) is 0 Å². The number of carbonyl (C=O) groups is 1. The van der Waals surface area contributed by atoms with Crippen molar-refractivity contribution in [2.45, 2.75) is 85.0 Å². The Bertz CT molecular complexity index is 920. The standard InChI is InChI=1S/C27H36O2/c1-18(15-24(28)29)9-8-10-21-20-17-23-22(16-19(20)11-12-25(21,2)3)26(4,5)13-14-27(23,6)7/h8-10,15-17H,11-14H2,1-7H3,(H,28,29). The van der Waals surface area contributed by atoms with Gasteiger partial charge in [-0.3, -0.25) is 0 Å². The number of benzene rings is 1. The van der Waals surface area contributed by atoms with E-state index < -0.39 is 5.97 Å². The quantitative estimate of drug-likeness (QED) is 0.445. The van der Waals surface area contributed by atoms with Crippen LogP contribution in [0.5, 0.6) is 0 Å². The van der Waals surface area contributed by atoms with E-state index in [1.165, 1.54) is 46.7 Å². The first kappa shape index (κ1) is 21.6. The molecule has 0 aliphatic heterocycles. The van der Waals surface area contributed by atoms with Gasteiger partial charge in [-0.2, -0.15) is 0 Å². The van der Waals surface area contributed by atoms with Crippen molar-refractivity contribution in [2.24, 2.45) is 5.41 Å². The summed E-state index contributed by atoms with van der Waals surface area (Å²) >= 11 is 0. The summed E-state index contributed by atoms with van der Waals surface area (Å²) in [7, 11) is 0. The lowest BCUT2D eigenvalue weighted by Crippen LogP contribution is -2.35. The van der Waals surface area contributed by atoms with Crippen molar-refractivity contribution in [1.82, 2.24) is 0 Å². The average molecular weight is 393 g/mol. The fourth-order valence-corrected chi connectivity index (χ4v) is 4.92. The number of rotatable bonds is 3. The number of aryl methyl sites for hydroxylation is 1. The topological polar surface area (TPSA) is 37.3 Å². The van der Waals surface area contributed by atoms with Gasteiger partial charge in [-0.25, -0.2) is 4.79 Å². The summed E-state index contributed by atoms with van der Waals surface area (Å²) in [5.74, 6) is -0.903. The van der Waals surface area contributed by atoms with Crippen LogP contribution >= 0.6 is 0 Å². The fraction of sp³-hybridized carbons (Fsp3) is 0.519. The molecule has 156 valence electrons. The van der Waals surface area contributed by atoms with Crippen LogP contribution in [0.3, 0.4) is 0 Å². The predicted molar refractivity (Wildman–Crippen MR) is 122 cm³/mol. The van der Waals surface area contributed by atoms with Gasteiger partial charge in [-0.1, -0.05) is 71.9 Å². The summed E-state index contributed by atoms with van der Waals surface area (Å²) in [4.78, 5) is 10.9. The summed E-state index contributed by atoms with van der Waals surface area (Å²) in [5.41, 5.74) is 8.52. The lowest BCUT2D eigenvalue weighted by Gasteiger charge is -2.44. The van der Waals surface area contributed by atoms with Gasteiger partial charge in [0, 0.05) is 6.08 Å². The molecule has 0 heterocycles. The highest BCUT2D eigenvalue weighted by molar-refractivity contribution is 5.81. The zero-order valence-electron chi connectivity index (χ0n) is 19.1. The minimum absolute atomic E-state index is 0.102. The van der Waals surface area contributed by atoms with Gasteiger partial charge in [0.2, 0.25) is 0 Å². The number of aliphatic carboxylic acids is 1. The highest BCUT2D eigenvalue weighted by atomic mass is 16.4. The first-order valence-corrected chi connectivity index (χ1v) is 10.8. The van der Waals surface area contributed by atoms with Crippen LogP contribution in [0, 0.1) is 5.41 Å². The van der Waals surface area contributed by atoms with Crippen molar-refractivity contribution in [3.05, 3.63) is 64.3 Å². The number of allylic oxidation sites excluding steroid dienone is 5. The van der Waals surface area contributed by atoms with Crippen molar-refractivity contribution in [3.8, 4) is 0 Å². The number of fused-ring (bicyclic) bond motifs is 2. The van der Waals surface area contributed by atoms with Gasteiger partial charge in [0.15, 0.2) is 0 Å². The Hall–Kier alpha value is -2.09. The highest BCUT2D eigenvalue weighted by Crippen LogP contribution is 2.51. The first-order valence-electron chi connectivity index (χ1n) is 10.8. The van der Waals surface area contributed by atoms with Gasteiger partial charge < -0.3 is 5.11 Å². The number of carboxylic acids is 1. The molecule has 0 unspecified atom stereocenters. The van der Waals surface area contributed by atoms with Gasteiger partial charge >= 0.3 is 5.97 Å². The van der Waals surface area contributed by atoms with Crippen LogP contribution in [0.25, 0.3) is 5.57 Å². The number of hydrogen-bond donors (Lipinski definition) is 1. The lowest BCUT2D eigenvalue weighted by molar-refractivity contribution is -0.131. The molecule has 2 aliphatic carbocycles. The molecule has 0 fully saturated rings. The van der Waals surface area contributed by atoms with Crippen LogP contribution in [-0.4, -0.2) is 11.1 Å². The first-order chi connectivity index (χ1) is 13.3. The summed E-state index contributed by atoms with van der Waals surface area (Å²) in [5, 5.41) is 8.92. The Balaban J connectivity index is 2.13. The lowest BCUT2D eigenvalue weighted by atomic mass is 9.60. The van der Waals surface area contributed by atoms with E-state index in [2.05, 4.69) is 59.8 Å². The van der Waals surface area contributed by atoms with E-state index in [1.54, 1.807) is 0 Å². The van der Waals surface area contributed by atoms with E-state index in [0.717, 1.165) is 18.4 Å². The molecule has 0 aromatic heterocycles. The van der Waals surface area contributed by atoms with Crippen molar-refractivity contribution in [2.75, 3.05) is 0 Å². The van der Waals surface area contributed by atoms with Crippen molar-refractivity contribution in [3.63, 3.8) is 0 Å². The van der Waals surface area contributed by atoms with E-state index in [9.17, 15) is 4.79 Å². The molecule has 0 saturated heterocycles. The van der Waals surface area contributed by atoms with E-state index >= 15 is 0 Å². The predicted octanol–water partition coefficient (Wildman–Crippen LogP) is 6.98. The van der Waals surface area contributed by atoms with E-state index in [-0.39, 0.29) is 16.2 Å². The van der Waals surface area contributed by atoms with Crippen molar-refractivity contribution in [1.29, 1.82) is 0 Å². The van der Waals surface area contributed by atoms with Crippen LogP contribution in [0.4, 0.5) is 0 Å². The molecule has 1 N–H and O–H groups in total. The molecule has 0 radical (unpaired) electrons. The van der Waals surface area contributed by atoms with Crippen molar-refractivity contribution >= 4 is 11.5 Å².